The average Bonchev–Trinajstić information content (AvgIpc) is 2.26. The SMILES string of the molecule is CSCC(C)(O)CNC(=O)c1ccc(Cl)cc1N. The van der Waals surface area contributed by atoms with Crippen LogP contribution in [0.15, 0.2) is 18.2 Å². The van der Waals surface area contributed by atoms with Gasteiger partial charge in [-0.15, -0.1) is 0 Å². The van der Waals surface area contributed by atoms with Crippen LogP contribution in [0.25, 0.3) is 0 Å². The van der Waals surface area contributed by atoms with Gasteiger partial charge in [0.25, 0.3) is 5.91 Å². The Kier molecular flexibility index (Phi) is 5.31. The lowest BCUT2D eigenvalue weighted by Crippen LogP contribution is -2.42. The molecule has 1 atom stereocenters. The summed E-state index contributed by atoms with van der Waals surface area (Å²) in [5, 5.41) is 13.1. The highest BCUT2D eigenvalue weighted by Gasteiger charge is 2.21. The second-order valence-electron chi connectivity index (χ2n) is 4.34. The molecule has 0 spiro atoms. The molecule has 1 unspecified atom stereocenters. The van der Waals surface area contributed by atoms with Gasteiger partial charge in [0.2, 0.25) is 0 Å². The van der Waals surface area contributed by atoms with E-state index in [1.165, 1.54) is 17.8 Å². The Hall–Kier alpha value is -0.910. The molecule has 0 saturated heterocycles. The molecule has 0 radical (unpaired) electrons. The summed E-state index contributed by atoms with van der Waals surface area (Å²) in [5.74, 6) is 0.231. The summed E-state index contributed by atoms with van der Waals surface area (Å²) in [4.78, 5) is 11.9. The molecule has 100 valence electrons. The Balaban J connectivity index is 2.66. The largest absolute Gasteiger partial charge is 0.398 e. The van der Waals surface area contributed by atoms with E-state index in [1.54, 1.807) is 19.1 Å². The first-order valence-electron chi connectivity index (χ1n) is 5.40. The maximum atomic E-state index is 11.9. The zero-order chi connectivity index (χ0) is 13.8. The van der Waals surface area contributed by atoms with E-state index >= 15 is 0 Å². The molecule has 0 bridgehead atoms. The van der Waals surface area contributed by atoms with Crippen molar-refractivity contribution in [1.29, 1.82) is 0 Å². The maximum absolute atomic E-state index is 11.9. The minimum absolute atomic E-state index is 0.175. The number of nitrogen functional groups attached to an aromatic ring is 1. The summed E-state index contributed by atoms with van der Waals surface area (Å²) in [7, 11) is 0. The van der Waals surface area contributed by atoms with Gasteiger partial charge in [0, 0.05) is 23.0 Å². The first-order valence-corrected chi connectivity index (χ1v) is 7.17. The molecular weight excluding hydrogens is 272 g/mol. The Bertz CT molecular complexity index is 438. The quantitative estimate of drug-likeness (QED) is 0.722. The zero-order valence-corrected chi connectivity index (χ0v) is 11.9. The molecular formula is C12H17ClN2O2S. The monoisotopic (exact) mass is 288 g/mol. The minimum Gasteiger partial charge on any atom is -0.398 e. The summed E-state index contributed by atoms with van der Waals surface area (Å²) in [6, 6.07) is 4.69. The van der Waals surface area contributed by atoms with E-state index in [9.17, 15) is 9.90 Å². The number of aliphatic hydroxyl groups is 1. The summed E-state index contributed by atoms with van der Waals surface area (Å²) < 4.78 is 0. The van der Waals surface area contributed by atoms with Gasteiger partial charge in [0.1, 0.15) is 0 Å². The third-order valence-corrected chi connectivity index (χ3v) is 3.49. The van der Waals surface area contributed by atoms with Gasteiger partial charge >= 0.3 is 0 Å². The number of hydrogen-bond donors (Lipinski definition) is 3. The van der Waals surface area contributed by atoms with Gasteiger partial charge in [0.15, 0.2) is 0 Å². The average molecular weight is 289 g/mol. The van der Waals surface area contributed by atoms with Crippen LogP contribution in [0.2, 0.25) is 5.02 Å². The van der Waals surface area contributed by atoms with Crippen LogP contribution < -0.4 is 11.1 Å². The number of anilines is 1. The maximum Gasteiger partial charge on any atom is 0.253 e. The van der Waals surface area contributed by atoms with Gasteiger partial charge in [-0.3, -0.25) is 4.79 Å². The number of carbonyl (C=O) groups is 1. The number of amides is 1. The highest BCUT2D eigenvalue weighted by atomic mass is 35.5. The second kappa shape index (κ2) is 6.31. The number of benzene rings is 1. The van der Waals surface area contributed by atoms with Crippen LogP contribution in [0.4, 0.5) is 5.69 Å². The van der Waals surface area contributed by atoms with Gasteiger partial charge in [-0.05, 0) is 31.4 Å². The highest BCUT2D eigenvalue weighted by Crippen LogP contribution is 2.18. The van der Waals surface area contributed by atoms with Crippen LogP contribution >= 0.6 is 23.4 Å². The topological polar surface area (TPSA) is 75.3 Å². The number of nitrogens with two attached hydrogens (primary N) is 1. The molecule has 4 nitrogen and oxygen atoms in total. The van der Waals surface area contributed by atoms with Crippen molar-refractivity contribution < 1.29 is 9.90 Å². The second-order valence-corrected chi connectivity index (χ2v) is 5.65. The number of carbonyl (C=O) groups excluding carboxylic acids is 1. The Morgan fingerprint density at radius 3 is 2.83 bits per heavy atom. The van der Waals surface area contributed by atoms with Crippen LogP contribution in [-0.2, 0) is 0 Å². The lowest BCUT2D eigenvalue weighted by Gasteiger charge is -2.22. The molecule has 1 rings (SSSR count). The van der Waals surface area contributed by atoms with Crippen molar-refractivity contribution in [3.63, 3.8) is 0 Å². The van der Waals surface area contributed by atoms with E-state index in [-0.39, 0.29) is 12.5 Å². The predicted molar refractivity (Wildman–Crippen MR) is 77.2 cm³/mol. The van der Waals surface area contributed by atoms with Crippen molar-refractivity contribution in [1.82, 2.24) is 5.32 Å². The predicted octanol–water partition coefficient (Wildman–Crippen LogP) is 1.77. The lowest BCUT2D eigenvalue weighted by molar-refractivity contribution is 0.0725. The molecule has 0 aromatic heterocycles. The van der Waals surface area contributed by atoms with Crippen molar-refractivity contribution in [2.75, 3.05) is 24.3 Å². The van der Waals surface area contributed by atoms with E-state index in [4.69, 9.17) is 17.3 Å². The van der Waals surface area contributed by atoms with Crippen LogP contribution in [0.1, 0.15) is 17.3 Å². The molecule has 0 aliphatic carbocycles. The third kappa shape index (κ3) is 4.40. The van der Waals surface area contributed by atoms with Crippen molar-refractivity contribution in [3.8, 4) is 0 Å². The summed E-state index contributed by atoms with van der Waals surface area (Å²) >= 11 is 7.28. The minimum atomic E-state index is -0.934. The van der Waals surface area contributed by atoms with E-state index in [2.05, 4.69) is 5.32 Å². The molecule has 0 aliphatic heterocycles. The first kappa shape index (κ1) is 15.1. The number of hydrogen-bond acceptors (Lipinski definition) is 4. The Morgan fingerprint density at radius 2 is 2.28 bits per heavy atom. The smallest absolute Gasteiger partial charge is 0.253 e. The Morgan fingerprint density at radius 1 is 1.61 bits per heavy atom. The van der Waals surface area contributed by atoms with Crippen LogP contribution in [0.5, 0.6) is 0 Å². The highest BCUT2D eigenvalue weighted by molar-refractivity contribution is 7.98. The standard InChI is InChI=1S/C12H17ClN2O2S/c1-12(17,7-18-2)6-15-11(16)9-4-3-8(13)5-10(9)14/h3-5,17H,6-7,14H2,1-2H3,(H,15,16). The molecule has 0 aliphatic rings. The van der Waals surface area contributed by atoms with E-state index in [1.807, 2.05) is 6.26 Å². The molecule has 0 saturated carbocycles. The summed E-state index contributed by atoms with van der Waals surface area (Å²) in [6.07, 6.45) is 1.90. The van der Waals surface area contributed by atoms with Crippen LogP contribution in [0.3, 0.4) is 0 Å². The van der Waals surface area contributed by atoms with E-state index in [0.29, 0.717) is 22.0 Å². The van der Waals surface area contributed by atoms with Crippen LogP contribution in [0, 0.1) is 0 Å². The van der Waals surface area contributed by atoms with Gasteiger partial charge in [-0.2, -0.15) is 11.8 Å². The number of thioether (sulfide) groups is 1. The number of nitrogens with one attached hydrogen (secondary N) is 1. The fourth-order valence-corrected chi connectivity index (χ4v) is 2.37. The molecule has 1 aromatic carbocycles. The van der Waals surface area contributed by atoms with Crippen molar-refractivity contribution in [2.45, 2.75) is 12.5 Å². The lowest BCUT2D eigenvalue weighted by atomic mass is 10.1. The molecule has 18 heavy (non-hydrogen) atoms. The fourth-order valence-electron chi connectivity index (χ4n) is 1.47. The van der Waals surface area contributed by atoms with Gasteiger partial charge in [-0.1, -0.05) is 11.6 Å². The summed E-state index contributed by atoms with van der Waals surface area (Å²) in [6.45, 7) is 1.85. The van der Waals surface area contributed by atoms with Gasteiger partial charge in [0.05, 0.1) is 11.2 Å². The zero-order valence-electron chi connectivity index (χ0n) is 10.4. The first-order chi connectivity index (χ1) is 8.35. The van der Waals surface area contributed by atoms with Gasteiger partial charge in [-0.25, -0.2) is 0 Å². The van der Waals surface area contributed by atoms with E-state index < -0.39 is 5.60 Å². The van der Waals surface area contributed by atoms with Gasteiger partial charge < -0.3 is 16.2 Å². The summed E-state index contributed by atoms with van der Waals surface area (Å²) in [5.41, 5.74) is 5.46. The fraction of sp³-hybridized carbons (Fsp3) is 0.417. The van der Waals surface area contributed by atoms with Crippen molar-refractivity contribution in [2.24, 2.45) is 0 Å². The molecule has 4 N–H and O–H groups in total. The van der Waals surface area contributed by atoms with Crippen molar-refractivity contribution >= 4 is 35.0 Å². The molecule has 0 heterocycles. The number of rotatable bonds is 5. The molecule has 0 fully saturated rings. The van der Waals surface area contributed by atoms with Crippen LogP contribution in [-0.4, -0.2) is 35.2 Å². The third-order valence-electron chi connectivity index (χ3n) is 2.34. The van der Waals surface area contributed by atoms with E-state index in [0.717, 1.165) is 0 Å². The number of halogens is 1. The van der Waals surface area contributed by atoms with Crippen molar-refractivity contribution in [3.05, 3.63) is 28.8 Å². The normalized spacial score (nSPS) is 14.0. The molecule has 6 heteroatoms. The molecule has 1 amide bonds. The Labute approximate surface area is 116 Å². The molecule has 1 aromatic rings.